The van der Waals surface area contributed by atoms with Crippen LogP contribution in [0.4, 0.5) is 0 Å². The summed E-state index contributed by atoms with van der Waals surface area (Å²) in [6.45, 7) is 1.97. The van der Waals surface area contributed by atoms with E-state index in [9.17, 15) is 4.79 Å². The minimum absolute atomic E-state index is 0.0248. The van der Waals surface area contributed by atoms with Crippen molar-refractivity contribution in [1.82, 2.24) is 5.32 Å². The molecule has 1 aliphatic rings. The molecule has 5 nitrogen and oxygen atoms in total. The van der Waals surface area contributed by atoms with Crippen molar-refractivity contribution in [1.29, 1.82) is 0 Å². The number of nitrogens with one attached hydrogen (secondary N) is 1. The molecule has 0 saturated carbocycles. The summed E-state index contributed by atoms with van der Waals surface area (Å²) in [6.07, 6.45) is 1.35. The molecule has 0 aromatic heterocycles. The number of methoxy groups -OCH3 is 1. The summed E-state index contributed by atoms with van der Waals surface area (Å²) in [5.41, 5.74) is 0.473. The van der Waals surface area contributed by atoms with Gasteiger partial charge in [-0.3, -0.25) is 4.79 Å². The normalized spacial score (nSPS) is 15.8. The van der Waals surface area contributed by atoms with E-state index in [1.54, 1.807) is 7.11 Å². The number of hydrogen-bond acceptors (Lipinski definition) is 4. The van der Waals surface area contributed by atoms with Gasteiger partial charge in [0.25, 0.3) is 0 Å². The fraction of sp³-hybridized carbons (Fsp3) is 0.381. The van der Waals surface area contributed by atoms with Crippen LogP contribution in [-0.2, 0) is 14.9 Å². The quantitative estimate of drug-likeness (QED) is 0.676. The molecule has 144 valence electrons. The maximum Gasteiger partial charge on any atom is 0.230 e. The van der Waals surface area contributed by atoms with Crippen LogP contribution in [0.25, 0.3) is 0 Å². The molecule has 1 heterocycles. The zero-order valence-corrected chi connectivity index (χ0v) is 17.0. The molecule has 6 heteroatoms. The highest BCUT2D eigenvalue weighted by molar-refractivity contribution is 9.10. The first-order valence-electron chi connectivity index (χ1n) is 9.04. The van der Waals surface area contributed by atoms with Crippen molar-refractivity contribution in [3.8, 4) is 11.5 Å². The maximum absolute atomic E-state index is 13.1. The molecule has 1 N–H and O–H groups in total. The van der Waals surface area contributed by atoms with E-state index in [4.69, 9.17) is 14.2 Å². The van der Waals surface area contributed by atoms with E-state index >= 15 is 0 Å². The molecule has 3 rings (SSSR count). The molecule has 0 unspecified atom stereocenters. The van der Waals surface area contributed by atoms with Crippen molar-refractivity contribution in [3.63, 3.8) is 0 Å². The van der Waals surface area contributed by atoms with Gasteiger partial charge in [-0.2, -0.15) is 0 Å². The van der Waals surface area contributed by atoms with Crippen molar-refractivity contribution in [2.45, 2.75) is 18.3 Å². The molecule has 1 saturated heterocycles. The topological polar surface area (TPSA) is 56.8 Å². The summed E-state index contributed by atoms with van der Waals surface area (Å²) in [7, 11) is 1.61. The fourth-order valence-electron chi connectivity index (χ4n) is 3.37. The lowest BCUT2D eigenvalue weighted by molar-refractivity contribution is -0.130. The van der Waals surface area contributed by atoms with Crippen LogP contribution < -0.4 is 14.8 Å². The summed E-state index contributed by atoms with van der Waals surface area (Å²) >= 11 is 3.46. The second-order valence-electron chi connectivity index (χ2n) is 6.46. The highest BCUT2D eigenvalue weighted by atomic mass is 79.9. The number of rotatable bonds is 7. The summed E-state index contributed by atoms with van der Waals surface area (Å²) in [5.74, 6) is 1.37. The highest BCUT2D eigenvalue weighted by Crippen LogP contribution is 2.35. The first kappa shape index (κ1) is 19.7. The van der Waals surface area contributed by atoms with E-state index in [0.29, 0.717) is 50.7 Å². The molecule has 2 aromatic carbocycles. The van der Waals surface area contributed by atoms with Crippen LogP contribution in [0, 0.1) is 0 Å². The zero-order valence-electron chi connectivity index (χ0n) is 15.4. The number of halogens is 1. The number of benzene rings is 2. The van der Waals surface area contributed by atoms with Gasteiger partial charge in [-0.05, 0) is 42.7 Å². The molecule has 1 fully saturated rings. The Balaban J connectivity index is 1.62. The number of carbonyl (C=O) groups excluding carboxylic acids is 1. The third-order valence-corrected chi connectivity index (χ3v) is 5.42. The summed E-state index contributed by atoms with van der Waals surface area (Å²) in [5, 5.41) is 3.04. The Morgan fingerprint density at radius 3 is 2.44 bits per heavy atom. The number of para-hydroxylation sites is 2. The number of hydrogen-bond donors (Lipinski definition) is 1. The van der Waals surface area contributed by atoms with E-state index in [2.05, 4.69) is 21.2 Å². The van der Waals surface area contributed by atoms with Crippen molar-refractivity contribution < 1.29 is 19.0 Å². The molecular weight excluding hydrogens is 410 g/mol. The van der Waals surface area contributed by atoms with Gasteiger partial charge >= 0.3 is 0 Å². The fourth-order valence-corrected chi connectivity index (χ4v) is 3.63. The summed E-state index contributed by atoms with van der Waals surface area (Å²) in [6, 6.07) is 15.5. The minimum atomic E-state index is -0.552. The molecule has 0 aliphatic carbocycles. The molecule has 1 aliphatic heterocycles. The number of amides is 1. The second-order valence-corrected chi connectivity index (χ2v) is 7.37. The van der Waals surface area contributed by atoms with E-state index in [1.165, 1.54) is 0 Å². The van der Waals surface area contributed by atoms with Gasteiger partial charge in [-0.1, -0.05) is 40.2 Å². The first-order valence-corrected chi connectivity index (χ1v) is 9.83. The van der Waals surface area contributed by atoms with E-state index in [-0.39, 0.29) is 5.91 Å². The molecule has 1 amide bonds. The van der Waals surface area contributed by atoms with E-state index in [1.807, 2.05) is 48.5 Å². The lowest BCUT2D eigenvalue weighted by Gasteiger charge is -2.36. The van der Waals surface area contributed by atoms with Gasteiger partial charge in [0.15, 0.2) is 11.5 Å². The van der Waals surface area contributed by atoms with Crippen LogP contribution in [-0.4, -0.2) is 39.4 Å². The van der Waals surface area contributed by atoms with Crippen LogP contribution in [0.2, 0.25) is 0 Å². The monoisotopic (exact) mass is 433 g/mol. The zero-order chi connectivity index (χ0) is 19.1. The van der Waals surface area contributed by atoms with Crippen LogP contribution >= 0.6 is 15.9 Å². The first-order chi connectivity index (χ1) is 13.2. The number of ether oxygens (including phenoxy) is 3. The molecule has 0 radical (unpaired) electrons. The third-order valence-electron chi connectivity index (χ3n) is 4.89. The molecule has 0 bridgehead atoms. The molecule has 27 heavy (non-hydrogen) atoms. The Labute approximate surface area is 168 Å². The van der Waals surface area contributed by atoms with Gasteiger partial charge in [0, 0.05) is 17.7 Å². The largest absolute Gasteiger partial charge is 0.493 e. The average molecular weight is 434 g/mol. The number of carbonyl (C=O) groups is 1. The SMILES string of the molecule is COc1ccccc1OCCNC(=O)C1(c2ccc(Br)cc2)CCOCC1. The Bertz CT molecular complexity index is 757. The van der Waals surface area contributed by atoms with Gasteiger partial charge in [0.1, 0.15) is 6.61 Å². The lowest BCUT2D eigenvalue weighted by atomic mass is 9.73. The third kappa shape index (κ3) is 4.62. The van der Waals surface area contributed by atoms with E-state index < -0.39 is 5.41 Å². The summed E-state index contributed by atoms with van der Waals surface area (Å²) in [4.78, 5) is 13.1. The van der Waals surface area contributed by atoms with Crippen molar-refractivity contribution >= 4 is 21.8 Å². The van der Waals surface area contributed by atoms with Gasteiger partial charge in [0.2, 0.25) is 5.91 Å². The molecule has 0 atom stereocenters. The van der Waals surface area contributed by atoms with Crippen molar-refractivity contribution in [2.24, 2.45) is 0 Å². The standard InChI is InChI=1S/C21H24BrNO4/c1-25-18-4-2-3-5-19(18)27-15-12-23-20(24)21(10-13-26-14-11-21)16-6-8-17(22)9-7-16/h2-9H,10-15H2,1H3,(H,23,24). The van der Waals surface area contributed by atoms with Gasteiger partial charge in [-0.15, -0.1) is 0 Å². The Hall–Kier alpha value is -2.05. The Morgan fingerprint density at radius 1 is 1.11 bits per heavy atom. The Kier molecular flexibility index (Phi) is 6.74. The van der Waals surface area contributed by atoms with Gasteiger partial charge in [0.05, 0.1) is 19.1 Å². The van der Waals surface area contributed by atoms with Gasteiger partial charge in [-0.25, -0.2) is 0 Å². The van der Waals surface area contributed by atoms with Crippen LogP contribution in [0.3, 0.4) is 0 Å². The predicted molar refractivity (Wildman–Crippen MR) is 107 cm³/mol. The van der Waals surface area contributed by atoms with Crippen LogP contribution in [0.5, 0.6) is 11.5 Å². The lowest BCUT2D eigenvalue weighted by Crippen LogP contribution is -2.48. The predicted octanol–water partition coefficient (Wildman–Crippen LogP) is 3.70. The Morgan fingerprint density at radius 2 is 1.78 bits per heavy atom. The van der Waals surface area contributed by atoms with Crippen molar-refractivity contribution in [2.75, 3.05) is 33.5 Å². The minimum Gasteiger partial charge on any atom is -0.493 e. The average Bonchev–Trinajstić information content (AvgIpc) is 2.72. The van der Waals surface area contributed by atoms with Crippen molar-refractivity contribution in [3.05, 3.63) is 58.6 Å². The molecule has 2 aromatic rings. The smallest absolute Gasteiger partial charge is 0.230 e. The molecule has 0 spiro atoms. The highest BCUT2D eigenvalue weighted by Gasteiger charge is 2.41. The maximum atomic E-state index is 13.1. The second kappa shape index (κ2) is 9.24. The van der Waals surface area contributed by atoms with Gasteiger partial charge < -0.3 is 19.5 Å². The molecular formula is C21H24BrNO4. The van der Waals surface area contributed by atoms with Crippen LogP contribution in [0.1, 0.15) is 18.4 Å². The van der Waals surface area contributed by atoms with Crippen LogP contribution in [0.15, 0.2) is 53.0 Å². The van der Waals surface area contributed by atoms with E-state index in [0.717, 1.165) is 10.0 Å². The summed E-state index contributed by atoms with van der Waals surface area (Å²) < 4.78 is 17.5.